The van der Waals surface area contributed by atoms with E-state index in [-0.39, 0.29) is 32.5 Å². The highest BCUT2D eigenvalue weighted by molar-refractivity contribution is 5.88. The number of hydrogen-bond acceptors (Lipinski definition) is 8. The second kappa shape index (κ2) is 12.9. The molecule has 0 spiro atoms. The first-order valence-corrected chi connectivity index (χ1v) is 9.79. The summed E-state index contributed by atoms with van der Waals surface area (Å²) < 4.78 is 20.5. The molecule has 29 heavy (non-hydrogen) atoms. The molecule has 2 heterocycles. The predicted octanol–water partition coefficient (Wildman–Crippen LogP) is 2.53. The van der Waals surface area contributed by atoms with Gasteiger partial charge in [0.1, 0.15) is 17.7 Å². The third kappa shape index (κ3) is 15.1. The van der Waals surface area contributed by atoms with Gasteiger partial charge in [0.2, 0.25) is 0 Å². The van der Waals surface area contributed by atoms with Crippen LogP contribution in [0.2, 0.25) is 0 Å². The van der Waals surface area contributed by atoms with Gasteiger partial charge in [-0.1, -0.05) is 7.43 Å². The van der Waals surface area contributed by atoms with Crippen LogP contribution in [-0.2, 0) is 28.5 Å². The Kier molecular flexibility index (Phi) is 12.3. The summed E-state index contributed by atoms with van der Waals surface area (Å²) in [4.78, 5) is 26.7. The zero-order valence-corrected chi connectivity index (χ0v) is 18.1. The summed E-state index contributed by atoms with van der Waals surface area (Å²) in [7, 11) is 0. The fourth-order valence-electron chi connectivity index (χ4n) is 2.43. The average molecular weight is 417 g/mol. The normalized spacial score (nSPS) is 20.5. The fraction of sp³-hybridized carbons (Fsp3) is 0.857. The smallest absolute Gasteiger partial charge is 0.328 e. The first-order valence-electron chi connectivity index (χ1n) is 9.79. The summed E-state index contributed by atoms with van der Waals surface area (Å²) in [6.07, 6.45) is 1.81. The van der Waals surface area contributed by atoms with Crippen molar-refractivity contribution in [2.24, 2.45) is 4.99 Å². The summed E-state index contributed by atoms with van der Waals surface area (Å²) in [5, 5.41) is 3.10. The minimum Gasteiger partial charge on any atom is -0.459 e. The lowest BCUT2D eigenvalue weighted by atomic mass is 10.2. The van der Waals surface area contributed by atoms with Crippen LogP contribution in [0.15, 0.2) is 4.99 Å². The van der Waals surface area contributed by atoms with E-state index in [9.17, 15) is 9.59 Å². The molecule has 8 heteroatoms. The highest BCUT2D eigenvalue weighted by Gasteiger charge is 2.19. The Bertz CT molecular complexity index is 520. The maximum Gasteiger partial charge on any atom is 0.328 e. The van der Waals surface area contributed by atoms with Crippen LogP contribution in [0.4, 0.5) is 0 Å². The summed E-state index contributed by atoms with van der Waals surface area (Å²) in [5.41, 5.74) is 0.129. The van der Waals surface area contributed by atoms with Crippen LogP contribution in [0.5, 0.6) is 0 Å². The van der Waals surface area contributed by atoms with E-state index in [0.717, 1.165) is 25.2 Å². The van der Waals surface area contributed by atoms with Crippen molar-refractivity contribution >= 4 is 17.7 Å². The van der Waals surface area contributed by atoms with Gasteiger partial charge in [0.05, 0.1) is 26.4 Å². The molecule has 2 aliphatic heterocycles. The number of ether oxygens (including phenoxy) is 4. The quantitative estimate of drug-likeness (QED) is 0.688. The molecule has 170 valence electrons. The van der Waals surface area contributed by atoms with Crippen LogP contribution in [0.1, 0.15) is 61.8 Å². The van der Waals surface area contributed by atoms with E-state index < -0.39 is 11.2 Å². The minimum absolute atomic E-state index is 0. The number of rotatable bonds is 5. The van der Waals surface area contributed by atoms with E-state index >= 15 is 0 Å². The lowest BCUT2D eigenvalue weighted by Crippen LogP contribution is -2.37. The van der Waals surface area contributed by atoms with E-state index in [0.29, 0.717) is 25.9 Å². The van der Waals surface area contributed by atoms with Crippen molar-refractivity contribution in [3.05, 3.63) is 0 Å². The van der Waals surface area contributed by atoms with Gasteiger partial charge in [-0.15, -0.1) is 0 Å². The van der Waals surface area contributed by atoms with Crippen molar-refractivity contribution in [1.29, 1.82) is 0 Å². The van der Waals surface area contributed by atoms with Crippen LogP contribution in [0, 0.1) is 0 Å². The molecule has 0 radical (unpaired) electrons. The molecule has 2 saturated heterocycles. The molecule has 0 amide bonds. The molecule has 0 aromatic rings. The van der Waals surface area contributed by atoms with E-state index in [1.807, 2.05) is 41.5 Å². The predicted molar refractivity (Wildman–Crippen MR) is 113 cm³/mol. The Morgan fingerprint density at radius 2 is 1.66 bits per heavy atom. The highest BCUT2D eigenvalue weighted by atomic mass is 16.6. The number of carbonyl (C=O) groups is 2. The second-order valence-corrected chi connectivity index (χ2v) is 8.80. The van der Waals surface area contributed by atoms with Gasteiger partial charge in [-0.2, -0.15) is 0 Å². The first kappa shape index (κ1) is 27.5. The number of nitrogens with zero attached hydrogens (tertiary/aromatic N) is 1. The van der Waals surface area contributed by atoms with Gasteiger partial charge in [0.25, 0.3) is 0 Å². The zero-order chi connectivity index (χ0) is 21.2. The molecule has 2 fully saturated rings. The standard InChI is InChI=1S/C10H19NO3.C10H17NO3.CH4/c2*1-10(2,3)14-9(12)6-11-8-4-5-13-7-8;/h8,11H,4-7H2,1-3H3;4-7H2,1-3H3;1H4. The summed E-state index contributed by atoms with van der Waals surface area (Å²) in [5.74, 6) is -0.485. The van der Waals surface area contributed by atoms with Crippen molar-refractivity contribution < 1.29 is 28.5 Å². The van der Waals surface area contributed by atoms with Gasteiger partial charge in [-0.3, -0.25) is 14.6 Å². The summed E-state index contributed by atoms with van der Waals surface area (Å²) >= 11 is 0. The van der Waals surface area contributed by atoms with Crippen molar-refractivity contribution in [1.82, 2.24) is 5.32 Å². The van der Waals surface area contributed by atoms with Crippen molar-refractivity contribution in [3.63, 3.8) is 0 Å². The SMILES string of the molecule is C.CC(C)(C)OC(=O)CN=C1CCOC1.CC(C)(C)OC(=O)CNC1CCOC1. The van der Waals surface area contributed by atoms with E-state index in [4.69, 9.17) is 18.9 Å². The number of esters is 2. The van der Waals surface area contributed by atoms with E-state index in [1.54, 1.807) is 0 Å². The monoisotopic (exact) mass is 416 g/mol. The molecule has 8 nitrogen and oxygen atoms in total. The summed E-state index contributed by atoms with van der Waals surface area (Å²) in [6.45, 7) is 14.3. The van der Waals surface area contributed by atoms with Crippen LogP contribution in [0.3, 0.4) is 0 Å². The lowest BCUT2D eigenvalue weighted by Gasteiger charge is -2.20. The van der Waals surface area contributed by atoms with Gasteiger partial charge < -0.3 is 24.3 Å². The molecule has 0 aromatic heterocycles. The van der Waals surface area contributed by atoms with Crippen molar-refractivity contribution in [3.8, 4) is 0 Å². The lowest BCUT2D eigenvalue weighted by molar-refractivity contribution is -0.154. The second-order valence-electron chi connectivity index (χ2n) is 8.80. The van der Waals surface area contributed by atoms with Crippen LogP contribution in [-0.4, -0.2) is 74.4 Å². The topological polar surface area (TPSA) is 95.5 Å². The third-order valence-electron chi connectivity index (χ3n) is 3.54. The van der Waals surface area contributed by atoms with Gasteiger partial charge in [0, 0.05) is 24.8 Å². The van der Waals surface area contributed by atoms with Crippen molar-refractivity contribution in [2.45, 2.75) is 79.1 Å². The number of hydrogen-bond donors (Lipinski definition) is 1. The van der Waals surface area contributed by atoms with Gasteiger partial charge in [-0.05, 0) is 48.0 Å². The maximum atomic E-state index is 11.3. The Morgan fingerprint density at radius 3 is 2.14 bits per heavy atom. The Labute approximate surface area is 175 Å². The Hall–Kier alpha value is -1.51. The molecule has 0 aromatic carbocycles. The number of carbonyl (C=O) groups excluding carboxylic acids is 2. The molecular weight excluding hydrogens is 376 g/mol. The van der Waals surface area contributed by atoms with Gasteiger partial charge >= 0.3 is 11.9 Å². The molecular formula is C21H40N2O6. The first-order chi connectivity index (χ1) is 12.9. The van der Waals surface area contributed by atoms with Crippen LogP contribution >= 0.6 is 0 Å². The highest BCUT2D eigenvalue weighted by Crippen LogP contribution is 2.08. The van der Waals surface area contributed by atoms with Crippen LogP contribution in [0.25, 0.3) is 0 Å². The molecule has 2 aliphatic rings. The molecule has 0 aliphatic carbocycles. The largest absolute Gasteiger partial charge is 0.459 e. The summed E-state index contributed by atoms with van der Waals surface area (Å²) in [6, 6.07) is 0.308. The average Bonchev–Trinajstić information content (AvgIpc) is 3.22. The molecule has 1 N–H and O–H groups in total. The molecule has 0 saturated carbocycles. The molecule has 1 unspecified atom stereocenters. The van der Waals surface area contributed by atoms with Crippen LogP contribution < -0.4 is 5.32 Å². The van der Waals surface area contributed by atoms with Gasteiger partial charge in [0.15, 0.2) is 0 Å². The fourth-order valence-corrected chi connectivity index (χ4v) is 2.43. The van der Waals surface area contributed by atoms with Crippen molar-refractivity contribution in [2.75, 3.05) is 39.5 Å². The molecule has 0 bridgehead atoms. The number of aliphatic imine (C=N–C) groups is 1. The number of nitrogens with one attached hydrogen (secondary N) is 1. The Morgan fingerprint density at radius 1 is 1.03 bits per heavy atom. The van der Waals surface area contributed by atoms with E-state index in [2.05, 4.69) is 10.3 Å². The third-order valence-corrected chi connectivity index (χ3v) is 3.54. The molecule has 1 atom stereocenters. The zero-order valence-electron chi connectivity index (χ0n) is 18.1. The minimum atomic E-state index is -0.427. The van der Waals surface area contributed by atoms with Gasteiger partial charge in [-0.25, -0.2) is 0 Å². The van der Waals surface area contributed by atoms with E-state index in [1.165, 1.54) is 0 Å². The molecule has 2 rings (SSSR count). The maximum absolute atomic E-state index is 11.3. The Balaban J connectivity index is 0.000000523.